The number of anilines is 4. The van der Waals surface area contributed by atoms with Crippen molar-refractivity contribution < 1.29 is 17.6 Å². The van der Waals surface area contributed by atoms with E-state index in [2.05, 4.69) is 15.3 Å². The lowest BCUT2D eigenvalue weighted by Crippen LogP contribution is -2.46. The maximum absolute atomic E-state index is 15.0. The molecule has 4 aromatic rings. The van der Waals surface area contributed by atoms with Gasteiger partial charge in [0.15, 0.2) is 0 Å². The summed E-state index contributed by atoms with van der Waals surface area (Å²) < 4.78 is 53.4. The fourth-order valence-electron chi connectivity index (χ4n) is 4.15. The van der Waals surface area contributed by atoms with Crippen molar-refractivity contribution >= 4 is 33.8 Å². The summed E-state index contributed by atoms with van der Waals surface area (Å²) >= 11 is 0. The highest BCUT2D eigenvalue weighted by atomic mass is 19.4. The fraction of sp³-hybridized carbons (Fsp3) is 0.200. The van der Waals surface area contributed by atoms with Crippen molar-refractivity contribution in [1.29, 1.82) is 0 Å². The largest absolute Gasteiger partial charge is 0.416 e. The van der Waals surface area contributed by atoms with Crippen LogP contribution >= 0.6 is 0 Å². The first kappa shape index (κ1) is 21.9. The van der Waals surface area contributed by atoms with Gasteiger partial charge in [-0.15, -0.1) is 0 Å². The zero-order valence-electron chi connectivity index (χ0n) is 18.1. The number of hydrogen-bond acceptors (Lipinski definition) is 5. The van der Waals surface area contributed by atoms with Crippen LogP contribution in [0.4, 0.5) is 40.4 Å². The van der Waals surface area contributed by atoms with Gasteiger partial charge >= 0.3 is 6.18 Å². The second kappa shape index (κ2) is 8.81. The van der Waals surface area contributed by atoms with Crippen LogP contribution in [-0.4, -0.2) is 36.1 Å². The summed E-state index contributed by atoms with van der Waals surface area (Å²) in [4.78, 5) is 12.5. The summed E-state index contributed by atoms with van der Waals surface area (Å²) in [5.41, 5.74) is 1.92. The molecule has 174 valence electrons. The van der Waals surface area contributed by atoms with Gasteiger partial charge in [0.1, 0.15) is 18.0 Å². The molecule has 1 saturated heterocycles. The summed E-state index contributed by atoms with van der Waals surface area (Å²) in [5, 5.41) is 4.01. The predicted octanol–water partition coefficient (Wildman–Crippen LogP) is 5.86. The summed E-state index contributed by atoms with van der Waals surface area (Å²) in [6, 6.07) is 17.7. The fourth-order valence-corrected chi connectivity index (χ4v) is 4.15. The molecule has 5 rings (SSSR count). The number of piperazine rings is 1. The molecule has 1 N–H and O–H groups in total. The molecule has 1 aliphatic rings. The Morgan fingerprint density at radius 1 is 0.794 bits per heavy atom. The van der Waals surface area contributed by atoms with Crippen LogP contribution in [0.5, 0.6) is 0 Å². The monoisotopic (exact) mass is 467 g/mol. The molecule has 0 atom stereocenters. The number of hydrogen-bond donors (Lipinski definition) is 1. The Labute approximate surface area is 193 Å². The van der Waals surface area contributed by atoms with Gasteiger partial charge in [-0.3, -0.25) is 0 Å². The molecule has 34 heavy (non-hydrogen) atoms. The summed E-state index contributed by atoms with van der Waals surface area (Å²) in [5.74, 6) is 0.245. The van der Waals surface area contributed by atoms with Crippen molar-refractivity contribution in [1.82, 2.24) is 9.97 Å². The van der Waals surface area contributed by atoms with Crippen LogP contribution in [0, 0.1) is 5.82 Å². The van der Waals surface area contributed by atoms with Crippen molar-refractivity contribution in [2.24, 2.45) is 0 Å². The molecule has 0 spiro atoms. The molecular weight excluding hydrogens is 446 g/mol. The number of para-hydroxylation sites is 1. The van der Waals surface area contributed by atoms with E-state index in [1.165, 1.54) is 24.5 Å². The number of rotatable bonds is 4. The van der Waals surface area contributed by atoms with Gasteiger partial charge in [-0.2, -0.15) is 13.2 Å². The van der Waals surface area contributed by atoms with Crippen LogP contribution in [0.15, 0.2) is 73.1 Å². The lowest BCUT2D eigenvalue weighted by atomic mass is 10.1. The van der Waals surface area contributed by atoms with Crippen molar-refractivity contribution in [2.75, 3.05) is 41.3 Å². The maximum atomic E-state index is 15.0. The minimum absolute atomic E-state index is 0.355. The Morgan fingerprint density at radius 2 is 1.50 bits per heavy atom. The van der Waals surface area contributed by atoms with Crippen LogP contribution in [0.25, 0.3) is 10.9 Å². The molecule has 2 heterocycles. The Kier molecular flexibility index (Phi) is 5.69. The normalized spacial score (nSPS) is 14.5. The molecule has 0 bridgehead atoms. The average molecular weight is 467 g/mol. The number of aromatic nitrogens is 2. The molecule has 9 heteroatoms. The maximum Gasteiger partial charge on any atom is 0.416 e. The van der Waals surface area contributed by atoms with Crippen molar-refractivity contribution in [3.8, 4) is 0 Å². The standard InChI is InChI=1S/C25H21F4N5/c26-21-15-18(32-24-20-3-1-2-4-22(20)30-16-31-24)7-10-23(21)34-13-11-33(12-14-34)19-8-5-17(6-9-19)25(27,28)29/h1-10,15-16H,11-14H2,(H,30,31,32). The zero-order valence-corrected chi connectivity index (χ0v) is 18.1. The number of fused-ring (bicyclic) bond motifs is 1. The predicted molar refractivity (Wildman–Crippen MR) is 125 cm³/mol. The van der Waals surface area contributed by atoms with E-state index in [0.29, 0.717) is 43.4 Å². The Balaban J connectivity index is 1.26. The molecule has 0 radical (unpaired) electrons. The van der Waals surface area contributed by atoms with Gasteiger partial charge in [0.05, 0.1) is 16.8 Å². The first-order valence-corrected chi connectivity index (χ1v) is 10.8. The summed E-state index contributed by atoms with van der Waals surface area (Å²) in [7, 11) is 0. The molecule has 1 aromatic heterocycles. The van der Waals surface area contributed by atoms with E-state index in [1.54, 1.807) is 12.1 Å². The molecule has 0 saturated carbocycles. The number of alkyl halides is 3. The van der Waals surface area contributed by atoms with Crippen LogP contribution < -0.4 is 15.1 Å². The number of halogens is 4. The average Bonchev–Trinajstić information content (AvgIpc) is 2.84. The second-order valence-corrected chi connectivity index (χ2v) is 8.05. The quantitative estimate of drug-likeness (QED) is 0.381. The van der Waals surface area contributed by atoms with Gasteiger partial charge in [0.2, 0.25) is 0 Å². The van der Waals surface area contributed by atoms with E-state index in [4.69, 9.17) is 0 Å². The van der Waals surface area contributed by atoms with E-state index < -0.39 is 11.7 Å². The number of benzene rings is 3. The molecule has 0 unspecified atom stereocenters. The first-order chi connectivity index (χ1) is 16.4. The van der Waals surface area contributed by atoms with Crippen LogP contribution in [0.2, 0.25) is 0 Å². The SMILES string of the molecule is Fc1cc(Nc2ncnc3ccccc23)ccc1N1CCN(c2ccc(C(F)(F)F)cc2)CC1. The lowest BCUT2D eigenvalue weighted by Gasteiger charge is -2.37. The van der Waals surface area contributed by atoms with Crippen molar-refractivity contribution in [2.45, 2.75) is 6.18 Å². The van der Waals surface area contributed by atoms with Crippen LogP contribution in [-0.2, 0) is 6.18 Å². The van der Waals surface area contributed by atoms with Gasteiger partial charge in [-0.1, -0.05) is 12.1 Å². The van der Waals surface area contributed by atoms with E-state index in [9.17, 15) is 17.6 Å². The third kappa shape index (κ3) is 4.46. The minimum atomic E-state index is -4.35. The van der Waals surface area contributed by atoms with E-state index in [1.807, 2.05) is 34.1 Å². The third-order valence-electron chi connectivity index (χ3n) is 5.93. The molecule has 1 fully saturated rings. The van der Waals surface area contributed by atoms with Crippen molar-refractivity contribution in [3.63, 3.8) is 0 Å². The minimum Gasteiger partial charge on any atom is -0.368 e. The Bertz CT molecular complexity index is 1290. The van der Waals surface area contributed by atoms with Crippen LogP contribution in [0.3, 0.4) is 0 Å². The lowest BCUT2D eigenvalue weighted by molar-refractivity contribution is -0.137. The molecule has 0 aliphatic carbocycles. The third-order valence-corrected chi connectivity index (χ3v) is 5.93. The summed E-state index contributed by atoms with van der Waals surface area (Å²) in [6.07, 6.45) is -2.89. The van der Waals surface area contributed by atoms with Gasteiger partial charge in [0, 0.05) is 42.9 Å². The topological polar surface area (TPSA) is 44.3 Å². The molecular formula is C25H21F4N5. The highest BCUT2D eigenvalue weighted by Crippen LogP contribution is 2.32. The number of nitrogens with zero attached hydrogens (tertiary/aromatic N) is 4. The Hall–Kier alpha value is -3.88. The summed E-state index contributed by atoms with van der Waals surface area (Å²) in [6.45, 7) is 2.28. The molecule has 5 nitrogen and oxygen atoms in total. The first-order valence-electron chi connectivity index (χ1n) is 10.8. The molecule has 3 aromatic carbocycles. The smallest absolute Gasteiger partial charge is 0.368 e. The number of nitrogens with one attached hydrogen (secondary N) is 1. The van der Waals surface area contributed by atoms with E-state index in [-0.39, 0.29) is 5.82 Å². The highest BCUT2D eigenvalue weighted by molar-refractivity contribution is 5.90. The second-order valence-electron chi connectivity index (χ2n) is 8.05. The molecule has 0 amide bonds. The van der Waals surface area contributed by atoms with Gasteiger partial charge in [0.25, 0.3) is 0 Å². The van der Waals surface area contributed by atoms with Gasteiger partial charge < -0.3 is 15.1 Å². The van der Waals surface area contributed by atoms with Gasteiger partial charge in [-0.05, 0) is 54.6 Å². The Morgan fingerprint density at radius 3 is 2.21 bits per heavy atom. The van der Waals surface area contributed by atoms with E-state index >= 15 is 0 Å². The van der Waals surface area contributed by atoms with E-state index in [0.717, 1.165) is 28.7 Å². The van der Waals surface area contributed by atoms with Crippen LogP contribution in [0.1, 0.15) is 5.56 Å². The highest BCUT2D eigenvalue weighted by Gasteiger charge is 2.30. The van der Waals surface area contributed by atoms with Crippen molar-refractivity contribution in [3.05, 3.63) is 84.4 Å². The van der Waals surface area contributed by atoms with Gasteiger partial charge in [-0.25, -0.2) is 14.4 Å². The zero-order chi connectivity index (χ0) is 23.7. The molecule has 1 aliphatic heterocycles.